The average Bonchev–Trinajstić information content (AvgIpc) is 2.60. The first-order chi connectivity index (χ1) is 12.3. The van der Waals surface area contributed by atoms with Crippen molar-refractivity contribution in [1.82, 2.24) is 10.2 Å². The molecule has 0 saturated heterocycles. The number of anilines is 1. The van der Waals surface area contributed by atoms with Crippen molar-refractivity contribution in [3.63, 3.8) is 0 Å². The first kappa shape index (κ1) is 19.8. The van der Waals surface area contributed by atoms with Crippen molar-refractivity contribution in [3.8, 4) is 0 Å². The lowest BCUT2D eigenvalue weighted by molar-refractivity contribution is -0.114. The number of rotatable bonds is 5. The van der Waals surface area contributed by atoms with Crippen LogP contribution in [0.5, 0.6) is 0 Å². The minimum atomic E-state index is -0.211. The van der Waals surface area contributed by atoms with Crippen LogP contribution in [-0.2, 0) is 4.79 Å². The summed E-state index contributed by atoms with van der Waals surface area (Å²) in [5.74, 6) is -0.132. The molecule has 0 radical (unpaired) electrons. The Bertz CT molecular complexity index is 794. The summed E-state index contributed by atoms with van der Waals surface area (Å²) in [7, 11) is 1.74. The molecule has 5 nitrogen and oxygen atoms in total. The van der Waals surface area contributed by atoms with E-state index in [-0.39, 0.29) is 24.0 Å². The van der Waals surface area contributed by atoms with Crippen LogP contribution in [0.2, 0.25) is 5.02 Å². The van der Waals surface area contributed by atoms with Crippen molar-refractivity contribution >= 4 is 29.2 Å². The summed E-state index contributed by atoms with van der Waals surface area (Å²) in [6.07, 6.45) is 0. The number of amides is 3. The van der Waals surface area contributed by atoms with E-state index in [1.165, 1.54) is 6.92 Å². The van der Waals surface area contributed by atoms with Crippen LogP contribution in [0.4, 0.5) is 10.5 Å². The molecule has 0 fully saturated rings. The van der Waals surface area contributed by atoms with Crippen molar-refractivity contribution < 1.29 is 9.59 Å². The second kappa shape index (κ2) is 8.72. The first-order valence-electron chi connectivity index (χ1n) is 8.45. The van der Waals surface area contributed by atoms with Crippen LogP contribution in [0, 0.1) is 0 Å². The quantitative estimate of drug-likeness (QED) is 0.793. The second-order valence-electron chi connectivity index (χ2n) is 6.29. The SMILES string of the molecule is CC(=O)Nc1cccc([C@@H](C)NC(=O)N(C)[C@H](C)c2ccccc2Cl)c1. The van der Waals surface area contributed by atoms with Gasteiger partial charge in [0, 0.05) is 24.7 Å². The van der Waals surface area contributed by atoms with E-state index >= 15 is 0 Å². The molecule has 0 aliphatic rings. The van der Waals surface area contributed by atoms with E-state index in [9.17, 15) is 9.59 Å². The third-order valence-electron chi connectivity index (χ3n) is 4.30. The fraction of sp³-hybridized carbons (Fsp3) is 0.300. The zero-order valence-corrected chi connectivity index (χ0v) is 16.2. The summed E-state index contributed by atoms with van der Waals surface area (Å²) in [6, 6.07) is 14.3. The van der Waals surface area contributed by atoms with Gasteiger partial charge < -0.3 is 15.5 Å². The van der Waals surface area contributed by atoms with E-state index in [0.29, 0.717) is 10.7 Å². The number of nitrogens with zero attached hydrogens (tertiary/aromatic N) is 1. The Hall–Kier alpha value is -2.53. The van der Waals surface area contributed by atoms with Crippen LogP contribution >= 0.6 is 11.6 Å². The van der Waals surface area contributed by atoms with Crippen LogP contribution < -0.4 is 10.6 Å². The molecule has 0 heterocycles. The molecule has 3 amide bonds. The summed E-state index contributed by atoms with van der Waals surface area (Å²) >= 11 is 6.24. The molecule has 2 rings (SSSR count). The van der Waals surface area contributed by atoms with Crippen molar-refractivity contribution in [2.45, 2.75) is 32.9 Å². The minimum absolute atomic E-state index is 0.132. The van der Waals surface area contributed by atoms with Gasteiger partial charge in [-0.3, -0.25) is 4.79 Å². The van der Waals surface area contributed by atoms with Crippen LogP contribution in [0.3, 0.4) is 0 Å². The predicted octanol–water partition coefficient (Wildman–Crippen LogP) is 4.76. The molecule has 26 heavy (non-hydrogen) atoms. The van der Waals surface area contributed by atoms with Gasteiger partial charge in [-0.2, -0.15) is 0 Å². The molecule has 6 heteroatoms. The van der Waals surface area contributed by atoms with Gasteiger partial charge in [-0.1, -0.05) is 41.9 Å². The number of hydrogen-bond acceptors (Lipinski definition) is 2. The molecule has 2 aromatic carbocycles. The molecule has 0 unspecified atom stereocenters. The molecular weight excluding hydrogens is 350 g/mol. The van der Waals surface area contributed by atoms with Crippen LogP contribution in [0.15, 0.2) is 48.5 Å². The van der Waals surface area contributed by atoms with Gasteiger partial charge in [0.25, 0.3) is 0 Å². The Balaban J connectivity index is 2.06. The van der Waals surface area contributed by atoms with E-state index in [1.807, 2.05) is 62.4 Å². The molecule has 0 saturated carbocycles. The number of halogens is 1. The number of carbonyl (C=O) groups is 2. The van der Waals surface area contributed by atoms with Crippen molar-refractivity contribution in [1.29, 1.82) is 0 Å². The van der Waals surface area contributed by atoms with E-state index in [4.69, 9.17) is 11.6 Å². The van der Waals surface area contributed by atoms with Gasteiger partial charge in [-0.25, -0.2) is 4.79 Å². The molecule has 138 valence electrons. The highest BCUT2D eigenvalue weighted by Crippen LogP contribution is 2.26. The molecule has 2 N–H and O–H groups in total. The topological polar surface area (TPSA) is 61.4 Å². The zero-order valence-electron chi connectivity index (χ0n) is 15.4. The molecule has 0 aromatic heterocycles. The van der Waals surface area contributed by atoms with Crippen molar-refractivity contribution in [3.05, 3.63) is 64.7 Å². The molecule has 0 spiro atoms. The van der Waals surface area contributed by atoms with Gasteiger partial charge in [-0.15, -0.1) is 0 Å². The molecular formula is C20H24ClN3O2. The van der Waals surface area contributed by atoms with Gasteiger partial charge in [0.1, 0.15) is 0 Å². The highest BCUT2D eigenvalue weighted by molar-refractivity contribution is 6.31. The number of carbonyl (C=O) groups excluding carboxylic acids is 2. The van der Waals surface area contributed by atoms with Gasteiger partial charge in [0.2, 0.25) is 5.91 Å². The zero-order chi connectivity index (χ0) is 19.3. The lowest BCUT2D eigenvalue weighted by Crippen LogP contribution is -2.40. The van der Waals surface area contributed by atoms with Gasteiger partial charge in [-0.05, 0) is 43.2 Å². The standard InChI is InChI=1S/C20H24ClN3O2/c1-13(16-8-7-9-17(12-16)23-15(3)25)22-20(26)24(4)14(2)18-10-5-6-11-19(18)21/h5-14H,1-4H3,(H,22,26)(H,23,25)/t13-,14-/m1/s1. The monoisotopic (exact) mass is 373 g/mol. The third-order valence-corrected chi connectivity index (χ3v) is 4.65. The van der Waals surface area contributed by atoms with E-state index < -0.39 is 0 Å². The largest absolute Gasteiger partial charge is 0.331 e. The first-order valence-corrected chi connectivity index (χ1v) is 8.82. The van der Waals surface area contributed by atoms with Gasteiger partial charge in [0.05, 0.1) is 12.1 Å². The maximum atomic E-state index is 12.6. The van der Waals surface area contributed by atoms with Gasteiger partial charge >= 0.3 is 6.03 Å². The normalized spacial score (nSPS) is 12.8. The van der Waals surface area contributed by atoms with Crippen LogP contribution in [0.1, 0.15) is 44.0 Å². The van der Waals surface area contributed by atoms with E-state index in [2.05, 4.69) is 10.6 Å². The maximum absolute atomic E-state index is 12.6. The molecule has 0 aliphatic carbocycles. The molecule has 0 bridgehead atoms. The number of benzene rings is 2. The fourth-order valence-corrected chi connectivity index (χ4v) is 2.95. The van der Waals surface area contributed by atoms with Crippen molar-refractivity contribution in [2.24, 2.45) is 0 Å². The maximum Gasteiger partial charge on any atom is 0.318 e. The summed E-state index contributed by atoms with van der Waals surface area (Å²) in [5, 5.41) is 6.36. The third kappa shape index (κ3) is 4.99. The van der Waals surface area contributed by atoms with Crippen LogP contribution in [-0.4, -0.2) is 23.9 Å². The Labute approximate surface area is 159 Å². The number of hydrogen-bond donors (Lipinski definition) is 2. The van der Waals surface area contributed by atoms with E-state index in [1.54, 1.807) is 11.9 Å². The summed E-state index contributed by atoms with van der Waals surface area (Å²) in [6.45, 7) is 5.30. The Morgan fingerprint density at radius 2 is 1.77 bits per heavy atom. The number of nitrogens with one attached hydrogen (secondary N) is 2. The Morgan fingerprint density at radius 1 is 1.08 bits per heavy atom. The van der Waals surface area contributed by atoms with Crippen molar-refractivity contribution in [2.75, 3.05) is 12.4 Å². The smallest absolute Gasteiger partial charge is 0.318 e. The lowest BCUT2D eigenvalue weighted by Gasteiger charge is -2.28. The molecule has 2 atom stereocenters. The summed E-state index contributed by atoms with van der Waals surface area (Å²) < 4.78 is 0. The van der Waals surface area contributed by atoms with Crippen LogP contribution in [0.25, 0.3) is 0 Å². The second-order valence-corrected chi connectivity index (χ2v) is 6.69. The number of urea groups is 1. The molecule has 2 aromatic rings. The highest BCUT2D eigenvalue weighted by Gasteiger charge is 2.21. The van der Waals surface area contributed by atoms with E-state index in [0.717, 1.165) is 11.1 Å². The summed E-state index contributed by atoms with van der Waals surface area (Å²) in [5.41, 5.74) is 2.50. The summed E-state index contributed by atoms with van der Waals surface area (Å²) in [4.78, 5) is 25.4. The predicted molar refractivity (Wildman–Crippen MR) is 105 cm³/mol. The average molecular weight is 374 g/mol. The Kier molecular flexibility index (Phi) is 6.64. The highest BCUT2D eigenvalue weighted by atomic mass is 35.5. The lowest BCUT2D eigenvalue weighted by atomic mass is 10.1. The van der Waals surface area contributed by atoms with Gasteiger partial charge in [0.15, 0.2) is 0 Å². The molecule has 0 aliphatic heterocycles. The minimum Gasteiger partial charge on any atom is -0.331 e. The fourth-order valence-electron chi connectivity index (χ4n) is 2.66. The Morgan fingerprint density at radius 3 is 2.42 bits per heavy atom.